The monoisotopic (exact) mass is 311 g/mol. The molecule has 1 aromatic carbocycles. The summed E-state index contributed by atoms with van der Waals surface area (Å²) < 4.78 is 0.793. The van der Waals surface area contributed by atoms with Gasteiger partial charge in [-0.3, -0.25) is 0 Å². The average molecular weight is 312 g/mol. The quantitative estimate of drug-likeness (QED) is 0.859. The molecule has 1 aliphatic carbocycles. The van der Waals surface area contributed by atoms with Crippen molar-refractivity contribution in [3.8, 4) is 0 Å². The zero-order chi connectivity index (χ0) is 13.0. The number of hydrogen-bond donors (Lipinski definition) is 2. The first-order chi connectivity index (χ1) is 8.66. The molecule has 0 bridgehead atoms. The van der Waals surface area contributed by atoms with Crippen LogP contribution < -0.4 is 5.32 Å². The Morgan fingerprint density at radius 3 is 2.78 bits per heavy atom. The van der Waals surface area contributed by atoms with Gasteiger partial charge in [0.2, 0.25) is 0 Å². The zero-order valence-electron chi connectivity index (χ0n) is 10.3. The predicted molar refractivity (Wildman–Crippen MR) is 76.2 cm³/mol. The van der Waals surface area contributed by atoms with E-state index >= 15 is 0 Å². The van der Waals surface area contributed by atoms with Crippen LogP contribution in [0, 0.1) is 5.92 Å². The number of anilines is 1. The molecule has 98 valence electrons. The normalized spacial score (nSPS) is 15.8. The SMILES string of the molecule is O=C(O)c1cc(Br)ccc1NCCC1CCCC1. The standard InChI is InChI=1S/C14H18BrNO2/c15-11-5-6-13(12(9-11)14(17)18)16-8-7-10-3-1-2-4-10/h5-6,9-10,16H,1-4,7-8H2,(H,17,18). The van der Waals surface area contributed by atoms with Gasteiger partial charge < -0.3 is 10.4 Å². The number of rotatable bonds is 5. The van der Waals surface area contributed by atoms with Crippen molar-refractivity contribution < 1.29 is 9.90 Å². The number of carbonyl (C=O) groups is 1. The summed E-state index contributed by atoms with van der Waals surface area (Å²) in [5.74, 6) is -0.0686. The van der Waals surface area contributed by atoms with Crippen LogP contribution in [0.4, 0.5) is 5.69 Å². The van der Waals surface area contributed by atoms with E-state index in [9.17, 15) is 4.79 Å². The van der Waals surface area contributed by atoms with Crippen molar-refractivity contribution in [2.75, 3.05) is 11.9 Å². The highest BCUT2D eigenvalue weighted by Gasteiger charge is 2.15. The molecule has 0 atom stereocenters. The first-order valence-electron chi connectivity index (χ1n) is 6.43. The second-order valence-corrected chi connectivity index (χ2v) is 5.78. The Labute approximate surface area is 116 Å². The molecule has 0 amide bonds. The molecule has 0 aromatic heterocycles. The van der Waals surface area contributed by atoms with Gasteiger partial charge in [0.15, 0.2) is 0 Å². The topological polar surface area (TPSA) is 49.3 Å². The molecular weight excluding hydrogens is 294 g/mol. The van der Waals surface area contributed by atoms with E-state index in [1.807, 2.05) is 12.1 Å². The van der Waals surface area contributed by atoms with Gasteiger partial charge in [-0.05, 0) is 30.5 Å². The lowest BCUT2D eigenvalue weighted by Gasteiger charge is -2.12. The molecule has 0 aliphatic heterocycles. The van der Waals surface area contributed by atoms with Crippen LogP contribution in [0.5, 0.6) is 0 Å². The third kappa shape index (κ3) is 3.48. The molecule has 0 radical (unpaired) electrons. The fourth-order valence-electron chi connectivity index (χ4n) is 2.56. The maximum atomic E-state index is 11.1. The van der Waals surface area contributed by atoms with Gasteiger partial charge in [0, 0.05) is 16.7 Å². The number of benzene rings is 1. The Bertz CT molecular complexity index is 428. The minimum atomic E-state index is -0.889. The second-order valence-electron chi connectivity index (χ2n) is 4.86. The summed E-state index contributed by atoms with van der Waals surface area (Å²) in [6.45, 7) is 0.854. The maximum Gasteiger partial charge on any atom is 0.337 e. The van der Waals surface area contributed by atoms with Crippen molar-refractivity contribution in [3.63, 3.8) is 0 Å². The molecule has 1 aromatic rings. The van der Waals surface area contributed by atoms with Crippen molar-refractivity contribution >= 4 is 27.6 Å². The van der Waals surface area contributed by atoms with Gasteiger partial charge in [0.1, 0.15) is 0 Å². The number of aromatic carboxylic acids is 1. The van der Waals surface area contributed by atoms with Crippen molar-refractivity contribution in [2.45, 2.75) is 32.1 Å². The summed E-state index contributed by atoms with van der Waals surface area (Å²) in [6, 6.07) is 5.33. The molecule has 4 heteroatoms. The number of nitrogens with one attached hydrogen (secondary N) is 1. The lowest BCUT2D eigenvalue weighted by Crippen LogP contribution is -2.10. The molecule has 2 N–H and O–H groups in total. The summed E-state index contributed by atoms with van der Waals surface area (Å²) in [7, 11) is 0. The van der Waals surface area contributed by atoms with Crippen LogP contribution in [0.15, 0.2) is 22.7 Å². The van der Waals surface area contributed by atoms with Crippen LogP contribution in [0.3, 0.4) is 0 Å². The van der Waals surface area contributed by atoms with E-state index in [2.05, 4.69) is 21.2 Å². The zero-order valence-corrected chi connectivity index (χ0v) is 11.9. The summed E-state index contributed by atoms with van der Waals surface area (Å²) in [4.78, 5) is 11.1. The Morgan fingerprint density at radius 2 is 2.11 bits per heavy atom. The van der Waals surface area contributed by atoms with Gasteiger partial charge in [-0.2, -0.15) is 0 Å². The lowest BCUT2D eigenvalue weighted by molar-refractivity contribution is 0.0698. The third-order valence-corrected chi connectivity index (χ3v) is 4.05. The highest BCUT2D eigenvalue weighted by atomic mass is 79.9. The molecule has 18 heavy (non-hydrogen) atoms. The fourth-order valence-corrected chi connectivity index (χ4v) is 2.92. The smallest absolute Gasteiger partial charge is 0.337 e. The van der Waals surface area contributed by atoms with Crippen LogP contribution in [-0.4, -0.2) is 17.6 Å². The molecule has 0 saturated heterocycles. The summed E-state index contributed by atoms with van der Waals surface area (Å²) in [5, 5.41) is 12.4. The minimum absolute atomic E-state index is 0.329. The third-order valence-electron chi connectivity index (χ3n) is 3.55. The van der Waals surface area contributed by atoms with E-state index in [1.165, 1.54) is 25.7 Å². The summed E-state index contributed by atoms with van der Waals surface area (Å²) >= 11 is 3.30. The molecule has 0 unspecified atom stereocenters. The van der Waals surface area contributed by atoms with Gasteiger partial charge in [-0.25, -0.2) is 4.79 Å². The van der Waals surface area contributed by atoms with E-state index < -0.39 is 5.97 Å². The Morgan fingerprint density at radius 1 is 1.39 bits per heavy atom. The second kappa shape index (κ2) is 6.23. The van der Waals surface area contributed by atoms with E-state index in [0.29, 0.717) is 11.3 Å². The number of halogens is 1. The van der Waals surface area contributed by atoms with Gasteiger partial charge in [-0.15, -0.1) is 0 Å². The molecule has 0 spiro atoms. The molecule has 3 nitrogen and oxygen atoms in total. The lowest BCUT2D eigenvalue weighted by atomic mass is 10.0. The van der Waals surface area contributed by atoms with Crippen molar-refractivity contribution in [1.82, 2.24) is 0 Å². The van der Waals surface area contributed by atoms with E-state index in [4.69, 9.17) is 5.11 Å². The molecule has 2 rings (SSSR count). The summed E-state index contributed by atoms with van der Waals surface area (Å²) in [5.41, 5.74) is 1.04. The molecule has 0 heterocycles. The van der Waals surface area contributed by atoms with Gasteiger partial charge in [0.05, 0.1) is 5.56 Å². The van der Waals surface area contributed by atoms with Gasteiger partial charge in [-0.1, -0.05) is 41.6 Å². The van der Waals surface area contributed by atoms with Crippen LogP contribution in [0.25, 0.3) is 0 Å². The van der Waals surface area contributed by atoms with E-state index in [1.54, 1.807) is 6.07 Å². The highest BCUT2D eigenvalue weighted by molar-refractivity contribution is 9.10. The number of hydrogen-bond acceptors (Lipinski definition) is 2. The average Bonchev–Trinajstić information content (AvgIpc) is 2.84. The van der Waals surface area contributed by atoms with Crippen molar-refractivity contribution in [3.05, 3.63) is 28.2 Å². The molecule has 1 aliphatic rings. The minimum Gasteiger partial charge on any atom is -0.478 e. The van der Waals surface area contributed by atoms with Gasteiger partial charge >= 0.3 is 5.97 Å². The first-order valence-corrected chi connectivity index (χ1v) is 7.23. The highest BCUT2D eigenvalue weighted by Crippen LogP contribution is 2.28. The molecular formula is C14H18BrNO2. The fraction of sp³-hybridized carbons (Fsp3) is 0.500. The maximum absolute atomic E-state index is 11.1. The Hall–Kier alpha value is -1.03. The van der Waals surface area contributed by atoms with Crippen LogP contribution in [-0.2, 0) is 0 Å². The van der Waals surface area contributed by atoms with Crippen molar-refractivity contribution in [1.29, 1.82) is 0 Å². The molecule has 1 fully saturated rings. The first kappa shape index (κ1) is 13.4. The Balaban J connectivity index is 1.93. The van der Waals surface area contributed by atoms with Crippen molar-refractivity contribution in [2.24, 2.45) is 5.92 Å². The largest absolute Gasteiger partial charge is 0.478 e. The predicted octanol–water partition coefficient (Wildman–Crippen LogP) is 4.14. The number of carboxylic acid groups (broad SMARTS) is 1. The van der Waals surface area contributed by atoms with Crippen LogP contribution in [0.2, 0.25) is 0 Å². The van der Waals surface area contributed by atoms with Crippen LogP contribution in [0.1, 0.15) is 42.5 Å². The van der Waals surface area contributed by atoms with Gasteiger partial charge in [0.25, 0.3) is 0 Å². The van der Waals surface area contributed by atoms with Crippen LogP contribution >= 0.6 is 15.9 Å². The van der Waals surface area contributed by atoms with E-state index in [-0.39, 0.29) is 0 Å². The van der Waals surface area contributed by atoms with E-state index in [0.717, 1.165) is 23.4 Å². The summed E-state index contributed by atoms with van der Waals surface area (Å²) in [6.07, 6.45) is 6.49. The molecule has 1 saturated carbocycles. The Kier molecular flexibility index (Phi) is 4.64. The number of carboxylic acids is 1.